The Balaban J connectivity index is 1.58. The molecular weight excluding hydrogens is 447 g/mol. The largest absolute Gasteiger partial charge is 0.456 e. The molecule has 0 saturated heterocycles. The minimum absolute atomic E-state index is 0.193. The summed E-state index contributed by atoms with van der Waals surface area (Å²) in [6, 6.07) is 17.3. The molecule has 1 N–H and O–H groups in total. The molecule has 9 heteroatoms. The fourth-order valence-corrected chi connectivity index (χ4v) is 4.32. The van der Waals surface area contributed by atoms with Crippen molar-refractivity contribution in [2.75, 3.05) is 22.4 Å². The van der Waals surface area contributed by atoms with Crippen molar-refractivity contribution in [2.45, 2.75) is 0 Å². The summed E-state index contributed by atoms with van der Waals surface area (Å²) in [6.45, 7) is -0.422. The van der Waals surface area contributed by atoms with Crippen LogP contribution in [0.1, 0.15) is 0 Å². The van der Waals surface area contributed by atoms with Crippen LogP contribution >= 0.6 is 23.2 Å². The number of nitrogens with one attached hydrogen (secondary N) is 1. The molecule has 0 atom stereocenters. The number of hydrogen-bond acceptors (Lipinski definition) is 4. The Hall–Kier alpha value is -2.74. The van der Waals surface area contributed by atoms with Crippen LogP contribution < -0.4 is 9.62 Å². The molecule has 4 rings (SSSR count). The molecule has 0 aliphatic carbocycles. The van der Waals surface area contributed by atoms with Gasteiger partial charge in [0.2, 0.25) is 15.9 Å². The maximum Gasteiger partial charge on any atom is 0.245 e. The van der Waals surface area contributed by atoms with Gasteiger partial charge in [-0.3, -0.25) is 9.10 Å². The summed E-state index contributed by atoms with van der Waals surface area (Å²) in [7, 11) is -3.73. The number of nitrogens with zero attached hydrogens (tertiary/aromatic N) is 1. The standard InChI is InChI=1S/C21H16Cl2N2O4S/c1-30(27,28)25(14-7-9-17(22)18(23)11-14)12-21(26)24-13-6-8-16-15-4-2-3-5-19(15)29-20(16)10-13/h2-11H,12H2,1H3,(H,24,26). The van der Waals surface area contributed by atoms with Crippen molar-refractivity contribution in [3.63, 3.8) is 0 Å². The van der Waals surface area contributed by atoms with E-state index in [1.54, 1.807) is 12.1 Å². The second-order valence-corrected chi connectivity index (χ2v) is 9.45. The molecule has 1 amide bonds. The fourth-order valence-electron chi connectivity index (χ4n) is 3.17. The van der Waals surface area contributed by atoms with Crippen LogP contribution in [-0.2, 0) is 14.8 Å². The smallest absolute Gasteiger partial charge is 0.245 e. The van der Waals surface area contributed by atoms with Gasteiger partial charge in [0.25, 0.3) is 0 Å². The predicted octanol–water partition coefficient (Wildman–Crippen LogP) is 5.30. The molecule has 0 unspecified atom stereocenters. The number of carbonyl (C=O) groups excluding carboxylic acids is 1. The van der Waals surface area contributed by atoms with Gasteiger partial charge in [0.05, 0.1) is 22.0 Å². The predicted molar refractivity (Wildman–Crippen MR) is 121 cm³/mol. The van der Waals surface area contributed by atoms with Gasteiger partial charge < -0.3 is 9.73 Å². The lowest BCUT2D eigenvalue weighted by atomic mass is 10.1. The van der Waals surface area contributed by atoms with E-state index in [0.717, 1.165) is 26.9 Å². The Morgan fingerprint density at radius 2 is 1.70 bits per heavy atom. The first-order chi connectivity index (χ1) is 14.2. The van der Waals surface area contributed by atoms with Crippen molar-refractivity contribution < 1.29 is 17.6 Å². The van der Waals surface area contributed by atoms with Gasteiger partial charge in [0.15, 0.2) is 0 Å². The Bertz CT molecular complexity index is 1380. The zero-order chi connectivity index (χ0) is 21.5. The Morgan fingerprint density at radius 1 is 0.967 bits per heavy atom. The van der Waals surface area contributed by atoms with Gasteiger partial charge in [-0.15, -0.1) is 0 Å². The maximum absolute atomic E-state index is 12.6. The highest BCUT2D eigenvalue weighted by atomic mass is 35.5. The third-order valence-electron chi connectivity index (χ3n) is 4.54. The van der Waals surface area contributed by atoms with Crippen LogP contribution in [0, 0.1) is 0 Å². The summed E-state index contributed by atoms with van der Waals surface area (Å²) in [5.41, 5.74) is 2.11. The van der Waals surface area contributed by atoms with E-state index in [1.807, 2.05) is 30.3 Å². The number of anilines is 2. The van der Waals surface area contributed by atoms with E-state index in [9.17, 15) is 13.2 Å². The molecule has 0 fully saturated rings. The number of benzene rings is 3. The van der Waals surface area contributed by atoms with Crippen LogP contribution in [0.4, 0.5) is 11.4 Å². The second kappa shape index (κ2) is 7.83. The van der Waals surface area contributed by atoms with Crippen molar-refractivity contribution in [3.8, 4) is 0 Å². The van der Waals surface area contributed by atoms with Crippen LogP contribution in [0.5, 0.6) is 0 Å². The minimum atomic E-state index is -3.73. The first-order valence-corrected chi connectivity index (χ1v) is 11.5. The first kappa shape index (κ1) is 20.5. The van der Waals surface area contributed by atoms with Gasteiger partial charge in [-0.1, -0.05) is 41.4 Å². The third kappa shape index (κ3) is 4.09. The second-order valence-electron chi connectivity index (χ2n) is 6.73. The number of fused-ring (bicyclic) bond motifs is 3. The monoisotopic (exact) mass is 462 g/mol. The number of amides is 1. The van der Waals surface area contributed by atoms with Gasteiger partial charge in [-0.25, -0.2) is 8.42 Å². The van der Waals surface area contributed by atoms with E-state index in [0.29, 0.717) is 11.3 Å². The number of sulfonamides is 1. The number of carbonyl (C=O) groups is 1. The Labute approximate surface area is 183 Å². The topological polar surface area (TPSA) is 79.6 Å². The molecule has 0 saturated carbocycles. The summed E-state index contributed by atoms with van der Waals surface area (Å²) in [6.07, 6.45) is 1.02. The molecule has 6 nitrogen and oxygen atoms in total. The molecule has 4 aromatic rings. The van der Waals surface area contributed by atoms with E-state index < -0.39 is 22.5 Å². The summed E-state index contributed by atoms with van der Waals surface area (Å²) >= 11 is 11.9. The number of rotatable bonds is 5. The van der Waals surface area contributed by atoms with Crippen LogP contribution in [0.15, 0.2) is 65.1 Å². The highest BCUT2D eigenvalue weighted by Crippen LogP contribution is 2.31. The molecule has 30 heavy (non-hydrogen) atoms. The normalized spacial score (nSPS) is 11.7. The minimum Gasteiger partial charge on any atom is -0.456 e. The quantitative estimate of drug-likeness (QED) is 0.436. The van der Waals surface area contributed by atoms with Crippen LogP contribution in [0.3, 0.4) is 0 Å². The average Bonchev–Trinajstić information content (AvgIpc) is 3.05. The molecule has 154 valence electrons. The lowest BCUT2D eigenvalue weighted by molar-refractivity contribution is -0.114. The number of para-hydroxylation sites is 1. The lowest BCUT2D eigenvalue weighted by Gasteiger charge is -2.22. The van der Waals surface area contributed by atoms with Crippen molar-refractivity contribution in [3.05, 3.63) is 70.7 Å². The van der Waals surface area contributed by atoms with Crippen molar-refractivity contribution >= 4 is 72.4 Å². The zero-order valence-corrected chi connectivity index (χ0v) is 18.1. The molecule has 0 spiro atoms. The summed E-state index contributed by atoms with van der Waals surface area (Å²) in [5, 5.41) is 5.10. The maximum atomic E-state index is 12.6. The molecule has 0 radical (unpaired) electrons. The molecule has 3 aromatic carbocycles. The molecule has 0 aliphatic rings. The molecule has 1 aromatic heterocycles. The lowest BCUT2D eigenvalue weighted by Crippen LogP contribution is -2.37. The first-order valence-electron chi connectivity index (χ1n) is 8.86. The van der Waals surface area contributed by atoms with Crippen LogP contribution in [0.2, 0.25) is 10.0 Å². The number of furan rings is 1. The molecule has 1 heterocycles. The number of halogens is 2. The Kier molecular flexibility index (Phi) is 5.36. The summed E-state index contributed by atoms with van der Waals surface area (Å²) in [4.78, 5) is 12.6. The Morgan fingerprint density at radius 3 is 2.43 bits per heavy atom. The van der Waals surface area contributed by atoms with Gasteiger partial charge >= 0.3 is 0 Å². The fraction of sp³-hybridized carbons (Fsp3) is 0.0952. The number of hydrogen-bond donors (Lipinski definition) is 1. The van der Waals surface area contributed by atoms with Gasteiger partial charge in [0, 0.05) is 22.5 Å². The summed E-state index contributed by atoms with van der Waals surface area (Å²) < 4.78 is 31.3. The van der Waals surface area contributed by atoms with Crippen LogP contribution in [0.25, 0.3) is 21.9 Å². The van der Waals surface area contributed by atoms with Gasteiger partial charge in [0.1, 0.15) is 17.7 Å². The molecule has 0 aliphatic heterocycles. The third-order valence-corrected chi connectivity index (χ3v) is 6.42. The van der Waals surface area contributed by atoms with E-state index in [-0.39, 0.29) is 15.7 Å². The molecule has 0 bridgehead atoms. The van der Waals surface area contributed by atoms with Gasteiger partial charge in [-0.2, -0.15) is 0 Å². The van der Waals surface area contributed by atoms with Crippen molar-refractivity contribution in [2.24, 2.45) is 0 Å². The van der Waals surface area contributed by atoms with E-state index in [1.165, 1.54) is 18.2 Å². The highest BCUT2D eigenvalue weighted by molar-refractivity contribution is 7.92. The van der Waals surface area contributed by atoms with Crippen molar-refractivity contribution in [1.82, 2.24) is 0 Å². The zero-order valence-electron chi connectivity index (χ0n) is 15.7. The van der Waals surface area contributed by atoms with Crippen molar-refractivity contribution in [1.29, 1.82) is 0 Å². The SMILES string of the molecule is CS(=O)(=O)N(CC(=O)Nc1ccc2c(c1)oc1ccccc12)c1ccc(Cl)c(Cl)c1. The highest BCUT2D eigenvalue weighted by Gasteiger charge is 2.22. The van der Waals surface area contributed by atoms with E-state index in [4.69, 9.17) is 27.6 Å². The van der Waals surface area contributed by atoms with E-state index >= 15 is 0 Å². The molecular formula is C21H16Cl2N2O4S. The van der Waals surface area contributed by atoms with Crippen LogP contribution in [-0.4, -0.2) is 27.1 Å². The summed E-state index contributed by atoms with van der Waals surface area (Å²) in [5.74, 6) is -0.512. The van der Waals surface area contributed by atoms with Gasteiger partial charge in [-0.05, 0) is 36.4 Å². The average molecular weight is 463 g/mol. The van der Waals surface area contributed by atoms with E-state index in [2.05, 4.69) is 5.32 Å².